The molecule has 0 N–H and O–H groups in total. The molecule has 1 saturated heterocycles. The number of aryl methyl sites for hydroxylation is 1. The van der Waals surface area contributed by atoms with E-state index in [4.69, 9.17) is 13.7 Å². The van der Waals surface area contributed by atoms with Gasteiger partial charge in [0.2, 0.25) is 11.7 Å². The molecule has 0 radical (unpaired) electrons. The summed E-state index contributed by atoms with van der Waals surface area (Å²) in [6, 6.07) is 14.8. The Morgan fingerprint density at radius 3 is 2.59 bits per heavy atom. The van der Waals surface area contributed by atoms with Crippen LogP contribution in [-0.4, -0.2) is 59.1 Å². The molecule has 1 aliphatic rings. The molecule has 1 amide bonds. The molecule has 3 heterocycles. The Morgan fingerprint density at radius 2 is 1.85 bits per heavy atom. The molecule has 2 aromatic carbocycles. The standard InChI is InChI=1S/C25H24N4O5/c1-16-6-8-17(9-7-16)23-26-21(34-27-23)15-28-10-12-29(13-11-28)24(30)19-14-18-4-3-5-20(32-2)22(18)33-25(19)31/h3-9,14H,10-13,15H2,1-2H3. The molecule has 174 valence electrons. The molecule has 2 aromatic heterocycles. The van der Waals surface area contributed by atoms with Gasteiger partial charge in [-0.2, -0.15) is 4.98 Å². The first-order valence-electron chi connectivity index (χ1n) is 11.0. The number of hydrogen-bond acceptors (Lipinski definition) is 8. The van der Waals surface area contributed by atoms with Gasteiger partial charge in [0.1, 0.15) is 5.56 Å². The molecule has 9 heteroatoms. The Kier molecular flexibility index (Phi) is 5.85. The number of fused-ring (bicyclic) bond motifs is 1. The van der Waals surface area contributed by atoms with E-state index in [0.29, 0.717) is 61.2 Å². The SMILES string of the molecule is COc1cccc2cc(C(=O)N3CCN(Cc4nc(-c5ccc(C)cc5)no4)CC3)c(=O)oc12. The van der Waals surface area contributed by atoms with E-state index < -0.39 is 5.63 Å². The van der Waals surface area contributed by atoms with Gasteiger partial charge in [0.15, 0.2) is 11.3 Å². The van der Waals surface area contributed by atoms with Gasteiger partial charge in [-0.05, 0) is 19.1 Å². The summed E-state index contributed by atoms with van der Waals surface area (Å²) in [7, 11) is 1.50. The number of piperazine rings is 1. The van der Waals surface area contributed by atoms with Gasteiger partial charge in [0.05, 0.1) is 13.7 Å². The summed E-state index contributed by atoms with van der Waals surface area (Å²) in [6.45, 7) is 4.74. The number of benzene rings is 2. The molecule has 0 unspecified atom stereocenters. The number of aromatic nitrogens is 2. The van der Waals surface area contributed by atoms with Gasteiger partial charge in [-0.3, -0.25) is 9.69 Å². The number of carbonyl (C=O) groups is 1. The molecule has 1 fully saturated rings. The smallest absolute Gasteiger partial charge is 0.349 e. The number of hydrogen-bond donors (Lipinski definition) is 0. The average molecular weight is 460 g/mol. The number of ether oxygens (including phenoxy) is 1. The van der Waals surface area contributed by atoms with Gasteiger partial charge >= 0.3 is 5.63 Å². The first-order valence-corrected chi connectivity index (χ1v) is 11.0. The maximum absolute atomic E-state index is 13.0. The molecular formula is C25H24N4O5. The average Bonchev–Trinajstić information content (AvgIpc) is 3.32. The molecule has 0 bridgehead atoms. The van der Waals surface area contributed by atoms with Crippen LogP contribution < -0.4 is 10.4 Å². The predicted molar refractivity (Wildman–Crippen MR) is 125 cm³/mol. The topological polar surface area (TPSA) is 102 Å². The second-order valence-electron chi connectivity index (χ2n) is 8.27. The van der Waals surface area contributed by atoms with Crippen molar-refractivity contribution in [3.05, 3.63) is 76.0 Å². The minimum atomic E-state index is -0.668. The number of methoxy groups -OCH3 is 1. The molecule has 4 aromatic rings. The van der Waals surface area contributed by atoms with Crippen molar-refractivity contribution >= 4 is 16.9 Å². The monoisotopic (exact) mass is 460 g/mol. The summed E-state index contributed by atoms with van der Waals surface area (Å²) < 4.78 is 16.1. The van der Waals surface area contributed by atoms with E-state index in [1.54, 1.807) is 29.2 Å². The van der Waals surface area contributed by atoms with Crippen LogP contribution in [0.5, 0.6) is 5.75 Å². The van der Waals surface area contributed by atoms with Crippen molar-refractivity contribution in [1.29, 1.82) is 0 Å². The quantitative estimate of drug-likeness (QED) is 0.419. The zero-order valence-corrected chi connectivity index (χ0v) is 19.0. The molecule has 5 rings (SSSR count). The van der Waals surface area contributed by atoms with Crippen LogP contribution in [0.1, 0.15) is 21.8 Å². The third-order valence-electron chi connectivity index (χ3n) is 5.97. The second kappa shape index (κ2) is 9.11. The molecule has 0 saturated carbocycles. The number of nitrogens with zero attached hydrogens (tertiary/aromatic N) is 4. The van der Waals surface area contributed by atoms with E-state index in [0.717, 1.165) is 5.56 Å². The van der Waals surface area contributed by atoms with Crippen molar-refractivity contribution in [2.45, 2.75) is 13.5 Å². The highest BCUT2D eigenvalue weighted by molar-refractivity contribution is 5.97. The molecule has 0 atom stereocenters. The molecule has 34 heavy (non-hydrogen) atoms. The summed E-state index contributed by atoms with van der Waals surface area (Å²) in [5, 5.41) is 4.72. The number of para-hydroxylation sites is 1. The third kappa shape index (κ3) is 4.29. The highest BCUT2D eigenvalue weighted by atomic mass is 16.5. The van der Waals surface area contributed by atoms with Crippen LogP contribution >= 0.6 is 0 Å². The first-order chi connectivity index (χ1) is 16.5. The molecule has 1 aliphatic heterocycles. The zero-order valence-electron chi connectivity index (χ0n) is 19.0. The normalized spacial score (nSPS) is 14.5. The number of carbonyl (C=O) groups excluding carboxylic acids is 1. The summed E-state index contributed by atoms with van der Waals surface area (Å²) in [6.07, 6.45) is 0. The van der Waals surface area contributed by atoms with Crippen LogP contribution in [0, 0.1) is 6.92 Å². The van der Waals surface area contributed by atoms with Crippen molar-refractivity contribution in [3.8, 4) is 17.1 Å². The fourth-order valence-corrected chi connectivity index (χ4v) is 4.04. The minimum absolute atomic E-state index is 0.0221. The first kappa shape index (κ1) is 21.8. The Balaban J connectivity index is 1.23. The van der Waals surface area contributed by atoms with Gasteiger partial charge in [-0.25, -0.2) is 4.79 Å². The van der Waals surface area contributed by atoms with Crippen molar-refractivity contribution < 1.29 is 18.5 Å². The Hall–Kier alpha value is -3.98. The van der Waals surface area contributed by atoms with Crippen LogP contribution in [0.15, 0.2) is 62.3 Å². The molecule has 0 spiro atoms. The van der Waals surface area contributed by atoms with Gasteiger partial charge in [-0.15, -0.1) is 0 Å². The lowest BCUT2D eigenvalue weighted by atomic mass is 10.1. The molecular weight excluding hydrogens is 436 g/mol. The van der Waals surface area contributed by atoms with E-state index in [9.17, 15) is 9.59 Å². The largest absolute Gasteiger partial charge is 0.493 e. The van der Waals surface area contributed by atoms with Crippen LogP contribution in [-0.2, 0) is 6.54 Å². The van der Waals surface area contributed by atoms with Crippen LogP contribution in [0.3, 0.4) is 0 Å². The predicted octanol–water partition coefficient (Wildman–Crippen LogP) is 3.12. The van der Waals surface area contributed by atoms with Crippen LogP contribution in [0.25, 0.3) is 22.4 Å². The fourth-order valence-electron chi connectivity index (χ4n) is 4.04. The van der Waals surface area contributed by atoms with Gasteiger partial charge < -0.3 is 18.6 Å². The lowest BCUT2D eigenvalue weighted by Crippen LogP contribution is -2.49. The fraction of sp³-hybridized carbons (Fsp3) is 0.280. The lowest BCUT2D eigenvalue weighted by Gasteiger charge is -2.33. The summed E-state index contributed by atoms with van der Waals surface area (Å²) >= 11 is 0. The maximum Gasteiger partial charge on any atom is 0.349 e. The third-order valence-corrected chi connectivity index (χ3v) is 5.97. The van der Waals surface area contributed by atoms with E-state index in [1.807, 2.05) is 31.2 Å². The van der Waals surface area contributed by atoms with Crippen molar-refractivity contribution in [3.63, 3.8) is 0 Å². The van der Waals surface area contributed by atoms with E-state index in [1.165, 1.54) is 12.7 Å². The molecule has 9 nitrogen and oxygen atoms in total. The van der Waals surface area contributed by atoms with Crippen molar-refractivity contribution in [1.82, 2.24) is 19.9 Å². The van der Waals surface area contributed by atoms with Gasteiger partial charge in [0, 0.05) is 37.1 Å². The Labute approximate surface area is 195 Å². The summed E-state index contributed by atoms with van der Waals surface area (Å²) in [4.78, 5) is 33.9. The van der Waals surface area contributed by atoms with Crippen LogP contribution in [0.4, 0.5) is 0 Å². The highest BCUT2D eigenvalue weighted by Gasteiger charge is 2.26. The van der Waals surface area contributed by atoms with Crippen LogP contribution in [0.2, 0.25) is 0 Å². The van der Waals surface area contributed by atoms with E-state index in [2.05, 4.69) is 15.0 Å². The second-order valence-corrected chi connectivity index (χ2v) is 8.27. The van der Waals surface area contributed by atoms with Crippen molar-refractivity contribution in [2.24, 2.45) is 0 Å². The minimum Gasteiger partial charge on any atom is -0.493 e. The Morgan fingerprint density at radius 1 is 1.09 bits per heavy atom. The zero-order chi connectivity index (χ0) is 23.7. The summed E-state index contributed by atoms with van der Waals surface area (Å²) in [5.74, 6) is 1.20. The van der Waals surface area contributed by atoms with Gasteiger partial charge in [0.25, 0.3) is 5.91 Å². The number of rotatable bonds is 5. The Bertz CT molecular complexity index is 1380. The summed E-state index contributed by atoms with van der Waals surface area (Å²) in [5.41, 5.74) is 1.76. The maximum atomic E-state index is 13.0. The highest BCUT2D eigenvalue weighted by Crippen LogP contribution is 2.25. The van der Waals surface area contributed by atoms with E-state index >= 15 is 0 Å². The molecule has 0 aliphatic carbocycles. The number of amides is 1. The lowest BCUT2D eigenvalue weighted by molar-refractivity contribution is 0.0611. The van der Waals surface area contributed by atoms with Crippen molar-refractivity contribution in [2.75, 3.05) is 33.3 Å². The van der Waals surface area contributed by atoms with E-state index in [-0.39, 0.29) is 11.5 Å². The van der Waals surface area contributed by atoms with Gasteiger partial charge in [-0.1, -0.05) is 47.1 Å².